The zero-order valence-corrected chi connectivity index (χ0v) is 10.2. The first-order valence-electron chi connectivity index (χ1n) is 4.54. The Morgan fingerprint density at radius 2 is 2.20 bits per heavy atom. The van der Waals surface area contributed by atoms with Crippen molar-refractivity contribution in [2.24, 2.45) is 0 Å². The van der Waals surface area contributed by atoms with E-state index < -0.39 is 0 Å². The maximum absolute atomic E-state index is 9.74. The molecule has 1 fully saturated rings. The molecule has 2 rings (SSSR count). The summed E-state index contributed by atoms with van der Waals surface area (Å²) >= 11 is 6.69. The summed E-state index contributed by atoms with van der Waals surface area (Å²) in [5.74, 6) is 0.291. The average molecular weight is 240 g/mol. The number of nitrogens with zero attached hydrogens (tertiary/aromatic N) is 1. The monoisotopic (exact) mass is 240 g/mol. The van der Waals surface area contributed by atoms with Gasteiger partial charge in [0, 0.05) is 5.56 Å². The van der Waals surface area contributed by atoms with E-state index >= 15 is 0 Å². The SMILES string of the molecule is CSC(=S)N1N[C@]1(C)c1ccccc1O. The van der Waals surface area contributed by atoms with E-state index in [1.54, 1.807) is 6.07 Å². The molecule has 0 spiro atoms. The molecule has 0 aromatic heterocycles. The summed E-state index contributed by atoms with van der Waals surface area (Å²) in [4.78, 5) is 0. The number of nitrogens with one attached hydrogen (secondary N) is 1. The fourth-order valence-corrected chi connectivity index (χ4v) is 2.22. The number of hydrazine groups is 1. The number of rotatable bonds is 1. The number of para-hydroxylation sites is 1. The largest absolute Gasteiger partial charge is 0.508 e. The van der Waals surface area contributed by atoms with E-state index in [0.29, 0.717) is 5.75 Å². The van der Waals surface area contributed by atoms with Crippen LogP contribution in [0.15, 0.2) is 24.3 Å². The minimum atomic E-state index is -0.356. The molecule has 1 aromatic rings. The Kier molecular flexibility index (Phi) is 2.62. The Labute approximate surface area is 98.4 Å². The summed E-state index contributed by atoms with van der Waals surface area (Å²) in [6.07, 6.45) is 1.94. The van der Waals surface area contributed by atoms with E-state index in [4.69, 9.17) is 12.2 Å². The van der Waals surface area contributed by atoms with Crippen molar-refractivity contribution in [3.05, 3.63) is 29.8 Å². The highest BCUT2D eigenvalue weighted by Gasteiger charge is 2.51. The third-order valence-electron chi connectivity index (χ3n) is 2.51. The van der Waals surface area contributed by atoms with E-state index in [1.807, 2.05) is 36.4 Å². The first kappa shape index (κ1) is 10.7. The van der Waals surface area contributed by atoms with Crippen molar-refractivity contribution in [2.75, 3.05) is 6.26 Å². The van der Waals surface area contributed by atoms with Gasteiger partial charge in [-0.05, 0) is 19.2 Å². The minimum absolute atomic E-state index is 0.291. The normalized spacial score (nSPS) is 24.0. The van der Waals surface area contributed by atoms with Crippen LogP contribution in [0.25, 0.3) is 0 Å². The van der Waals surface area contributed by atoms with Crippen molar-refractivity contribution >= 4 is 28.3 Å². The van der Waals surface area contributed by atoms with Crippen molar-refractivity contribution < 1.29 is 5.11 Å². The highest BCUT2D eigenvalue weighted by Crippen LogP contribution is 2.41. The van der Waals surface area contributed by atoms with E-state index in [1.165, 1.54) is 11.8 Å². The summed E-state index contributed by atoms with van der Waals surface area (Å²) in [5.41, 5.74) is 3.66. The molecule has 0 unspecified atom stereocenters. The highest BCUT2D eigenvalue weighted by atomic mass is 32.2. The van der Waals surface area contributed by atoms with Gasteiger partial charge >= 0.3 is 0 Å². The molecule has 1 aliphatic heterocycles. The summed E-state index contributed by atoms with van der Waals surface area (Å²) in [5, 5.41) is 11.6. The van der Waals surface area contributed by atoms with Crippen LogP contribution in [0.2, 0.25) is 0 Å². The van der Waals surface area contributed by atoms with E-state index in [-0.39, 0.29) is 5.66 Å². The molecule has 0 radical (unpaired) electrons. The van der Waals surface area contributed by atoms with Gasteiger partial charge in [0.2, 0.25) is 0 Å². The third-order valence-corrected chi connectivity index (χ3v) is 3.73. The molecule has 1 saturated heterocycles. The second-order valence-corrected chi connectivity index (χ2v) is 4.95. The molecule has 15 heavy (non-hydrogen) atoms. The van der Waals surface area contributed by atoms with Gasteiger partial charge in [-0.15, -0.1) is 0 Å². The van der Waals surface area contributed by atoms with Gasteiger partial charge in [-0.2, -0.15) is 0 Å². The van der Waals surface area contributed by atoms with Gasteiger partial charge in [-0.25, -0.2) is 5.43 Å². The first-order valence-corrected chi connectivity index (χ1v) is 6.17. The molecule has 0 amide bonds. The quantitative estimate of drug-likeness (QED) is 0.581. The molecule has 1 aromatic carbocycles. The topological polar surface area (TPSA) is 45.2 Å². The zero-order chi connectivity index (χ0) is 11.1. The molecule has 5 heteroatoms. The second-order valence-electron chi connectivity index (χ2n) is 3.51. The van der Waals surface area contributed by atoms with Crippen LogP contribution >= 0.6 is 24.0 Å². The van der Waals surface area contributed by atoms with Crippen molar-refractivity contribution in [3.63, 3.8) is 0 Å². The van der Waals surface area contributed by atoms with E-state index in [9.17, 15) is 5.11 Å². The number of aromatic hydroxyl groups is 1. The molecule has 3 nitrogen and oxygen atoms in total. The lowest BCUT2D eigenvalue weighted by Gasteiger charge is -2.11. The van der Waals surface area contributed by atoms with Crippen molar-refractivity contribution in [1.29, 1.82) is 0 Å². The third kappa shape index (κ3) is 1.71. The lowest BCUT2D eigenvalue weighted by Crippen LogP contribution is -2.15. The fourth-order valence-electron chi connectivity index (χ4n) is 1.58. The fraction of sp³-hybridized carbons (Fsp3) is 0.300. The zero-order valence-electron chi connectivity index (χ0n) is 8.52. The summed E-state index contributed by atoms with van der Waals surface area (Å²) in [7, 11) is 0. The summed E-state index contributed by atoms with van der Waals surface area (Å²) in [6, 6.07) is 7.29. The maximum atomic E-state index is 9.74. The molecule has 2 N–H and O–H groups in total. The molecule has 1 aliphatic rings. The Morgan fingerprint density at radius 3 is 2.80 bits per heavy atom. The lowest BCUT2D eigenvalue weighted by atomic mass is 10.1. The number of benzene rings is 1. The van der Waals surface area contributed by atoms with Crippen LogP contribution in [0.3, 0.4) is 0 Å². The molecule has 0 aliphatic carbocycles. The molecule has 1 atom stereocenters. The molecule has 0 saturated carbocycles. The van der Waals surface area contributed by atoms with E-state index in [0.717, 1.165) is 9.88 Å². The van der Waals surface area contributed by atoms with Crippen LogP contribution in [-0.4, -0.2) is 20.7 Å². The number of thioether (sulfide) groups is 1. The maximum Gasteiger partial charge on any atom is 0.152 e. The van der Waals surface area contributed by atoms with Gasteiger partial charge in [0.25, 0.3) is 0 Å². The standard InChI is InChI=1S/C10H12N2OS2/c1-10(11-12(10)9(14)15-2)7-5-3-4-6-8(7)13/h3-6,11,13H,1-2H3/t10-,12?/m0/s1. The molecular formula is C10H12N2OS2. The number of hydrogen-bond donors (Lipinski definition) is 2. The Bertz CT molecular complexity index is 410. The predicted octanol–water partition coefficient (Wildman–Crippen LogP) is 2.03. The summed E-state index contributed by atoms with van der Waals surface area (Å²) in [6.45, 7) is 1.99. The minimum Gasteiger partial charge on any atom is -0.508 e. The average Bonchev–Trinajstić information content (AvgIpc) is 2.91. The van der Waals surface area contributed by atoms with Gasteiger partial charge in [0.05, 0.1) is 0 Å². The molecular weight excluding hydrogens is 228 g/mol. The molecule has 80 valence electrons. The molecule has 1 heterocycles. The van der Waals surface area contributed by atoms with Crippen molar-refractivity contribution in [2.45, 2.75) is 12.6 Å². The van der Waals surface area contributed by atoms with Crippen molar-refractivity contribution in [1.82, 2.24) is 10.4 Å². The predicted molar refractivity (Wildman–Crippen MR) is 66.5 cm³/mol. The van der Waals surface area contributed by atoms with Crippen LogP contribution in [0, 0.1) is 0 Å². The van der Waals surface area contributed by atoms with E-state index in [2.05, 4.69) is 5.43 Å². The highest BCUT2D eigenvalue weighted by molar-refractivity contribution is 8.22. The van der Waals surface area contributed by atoms with Crippen LogP contribution in [0.5, 0.6) is 5.75 Å². The first-order chi connectivity index (χ1) is 7.09. The van der Waals surface area contributed by atoms with Gasteiger partial charge in [-0.1, -0.05) is 42.2 Å². The number of phenolic OH excluding ortho intramolecular Hbond substituents is 1. The van der Waals surface area contributed by atoms with Crippen LogP contribution in [0.1, 0.15) is 12.5 Å². The van der Waals surface area contributed by atoms with Crippen molar-refractivity contribution in [3.8, 4) is 5.75 Å². The Balaban J connectivity index is 2.27. The number of hydrogen-bond acceptors (Lipinski definition) is 4. The van der Waals surface area contributed by atoms with Gasteiger partial charge < -0.3 is 5.11 Å². The van der Waals surface area contributed by atoms with Gasteiger partial charge in [0.15, 0.2) is 9.98 Å². The number of phenols is 1. The Morgan fingerprint density at radius 1 is 1.53 bits per heavy atom. The van der Waals surface area contributed by atoms with Crippen LogP contribution < -0.4 is 5.43 Å². The lowest BCUT2D eigenvalue weighted by molar-refractivity contribution is 0.453. The smallest absolute Gasteiger partial charge is 0.152 e. The second kappa shape index (κ2) is 3.66. The number of thiocarbonyl (C=S) groups is 1. The molecule has 0 bridgehead atoms. The van der Waals surface area contributed by atoms with Crippen LogP contribution in [-0.2, 0) is 5.66 Å². The van der Waals surface area contributed by atoms with Gasteiger partial charge in [0.1, 0.15) is 5.75 Å². The Hall–Kier alpha value is -0.780. The summed E-state index contributed by atoms with van der Waals surface area (Å²) < 4.78 is 0.778. The van der Waals surface area contributed by atoms with Crippen LogP contribution in [0.4, 0.5) is 0 Å². The van der Waals surface area contributed by atoms with Gasteiger partial charge in [-0.3, -0.25) is 5.01 Å².